The Kier molecular flexibility index (Phi) is 8.17. The zero-order valence-corrected chi connectivity index (χ0v) is 21.7. The predicted molar refractivity (Wildman–Crippen MR) is 144 cm³/mol. The van der Waals surface area contributed by atoms with Crippen LogP contribution in [-0.4, -0.2) is 32.4 Å². The lowest BCUT2D eigenvalue weighted by atomic mass is 10.2. The highest BCUT2D eigenvalue weighted by molar-refractivity contribution is 7.99. The summed E-state index contributed by atoms with van der Waals surface area (Å²) in [6.45, 7) is 8.43. The van der Waals surface area contributed by atoms with Crippen LogP contribution in [0.1, 0.15) is 33.9 Å². The third kappa shape index (κ3) is 6.60. The van der Waals surface area contributed by atoms with Gasteiger partial charge in [0.1, 0.15) is 12.4 Å². The van der Waals surface area contributed by atoms with E-state index in [4.69, 9.17) is 4.74 Å². The van der Waals surface area contributed by atoms with Crippen LogP contribution in [0.15, 0.2) is 77.0 Å². The van der Waals surface area contributed by atoms with Crippen molar-refractivity contribution in [3.05, 3.63) is 101 Å². The van der Waals surface area contributed by atoms with Gasteiger partial charge in [0.15, 0.2) is 5.16 Å². The number of thioether (sulfide) groups is 1. The maximum absolute atomic E-state index is 12.2. The molecule has 2 aromatic heterocycles. The van der Waals surface area contributed by atoms with Gasteiger partial charge in [-0.3, -0.25) is 4.79 Å². The summed E-state index contributed by atoms with van der Waals surface area (Å²) < 4.78 is 8.05. The lowest BCUT2D eigenvalue weighted by molar-refractivity contribution is -0.118. The number of ether oxygens (including phenoxy) is 1. The van der Waals surface area contributed by atoms with Crippen LogP contribution in [0.4, 0.5) is 0 Å². The Morgan fingerprint density at radius 2 is 1.69 bits per heavy atom. The molecule has 0 aliphatic heterocycles. The van der Waals surface area contributed by atoms with Crippen molar-refractivity contribution in [1.82, 2.24) is 20.0 Å². The van der Waals surface area contributed by atoms with E-state index in [1.54, 1.807) is 6.21 Å². The Labute approximate surface area is 215 Å². The Morgan fingerprint density at radius 3 is 2.39 bits per heavy atom. The SMILES string of the molecule is Cc1cc(C)nc(SCC(=O)N/N=C\c2cc(C)n(-c3ccc(OCc4ccccc4)cc3)c2C)n1. The number of amides is 1. The van der Waals surface area contributed by atoms with Gasteiger partial charge in [0.05, 0.1) is 12.0 Å². The summed E-state index contributed by atoms with van der Waals surface area (Å²) in [5.41, 5.74) is 9.55. The van der Waals surface area contributed by atoms with Gasteiger partial charge >= 0.3 is 0 Å². The van der Waals surface area contributed by atoms with Crippen molar-refractivity contribution in [3.63, 3.8) is 0 Å². The van der Waals surface area contributed by atoms with Gasteiger partial charge in [-0.1, -0.05) is 42.1 Å². The molecule has 2 heterocycles. The van der Waals surface area contributed by atoms with Crippen molar-refractivity contribution in [1.29, 1.82) is 0 Å². The highest BCUT2D eigenvalue weighted by atomic mass is 32.2. The third-order valence-electron chi connectivity index (χ3n) is 5.50. The number of nitrogens with zero attached hydrogens (tertiary/aromatic N) is 4. The normalized spacial score (nSPS) is 11.1. The molecule has 0 atom stereocenters. The largest absolute Gasteiger partial charge is 0.489 e. The van der Waals surface area contributed by atoms with Crippen molar-refractivity contribution in [2.45, 2.75) is 39.5 Å². The van der Waals surface area contributed by atoms with E-state index in [-0.39, 0.29) is 11.7 Å². The van der Waals surface area contributed by atoms with Crippen LogP contribution in [0.25, 0.3) is 5.69 Å². The number of carbonyl (C=O) groups is 1. The van der Waals surface area contributed by atoms with Gasteiger partial charge in [-0.15, -0.1) is 0 Å². The van der Waals surface area contributed by atoms with E-state index in [2.05, 4.69) is 25.1 Å². The molecule has 0 aliphatic carbocycles. The van der Waals surface area contributed by atoms with Gasteiger partial charge in [0.25, 0.3) is 5.91 Å². The molecular formula is C28H29N5O2S. The molecule has 0 bridgehead atoms. The minimum Gasteiger partial charge on any atom is -0.489 e. The molecule has 7 nitrogen and oxygen atoms in total. The van der Waals surface area contributed by atoms with Gasteiger partial charge in [0.2, 0.25) is 0 Å². The molecule has 4 aromatic rings. The maximum atomic E-state index is 12.2. The topological polar surface area (TPSA) is 81.4 Å². The van der Waals surface area contributed by atoms with Gasteiger partial charge < -0.3 is 9.30 Å². The van der Waals surface area contributed by atoms with Crippen molar-refractivity contribution in [2.24, 2.45) is 5.10 Å². The molecule has 2 aromatic carbocycles. The number of rotatable bonds is 9. The molecule has 0 aliphatic rings. The first kappa shape index (κ1) is 25.2. The first-order chi connectivity index (χ1) is 17.4. The van der Waals surface area contributed by atoms with Crippen molar-refractivity contribution in [2.75, 3.05) is 5.75 Å². The van der Waals surface area contributed by atoms with Crippen LogP contribution >= 0.6 is 11.8 Å². The van der Waals surface area contributed by atoms with Crippen LogP contribution in [0.2, 0.25) is 0 Å². The molecular weight excluding hydrogens is 470 g/mol. The van der Waals surface area contributed by atoms with Gasteiger partial charge in [-0.05, 0) is 69.7 Å². The van der Waals surface area contributed by atoms with Crippen LogP contribution in [0.3, 0.4) is 0 Å². The molecule has 0 saturated heterocycles. The second-order valence-corrected chi connectivity index (χ2v) is 9.39. The third-order valence-corrected chi connectivity index (χ3v) is 6.35. The summed E-state index contributed by atoms with van der Waals surface area (Å²) in [6, 6.07) is 22.1. The highest BCUT2D eigenvalue weighted by Crippen LogP contribution is 2.22. The molecule has 4 rings (SSSR count). The predicted octanol–water partition coefficient (Wildman–Crippen LogP) is 5.32. The number of benzene rings is 2. The van der Waals surface area contributed by atoms with Crippen LogP contribution in [0.5, 0.6) is 5.75 Å². The summed E-state index contributed by atoms with van der Waals surface area (Å²) in [5, 5.41) is 4.74. The molecule has 0 saturated carbocycles. The number of hydrogen-bond acceptors (Lipinski definition) is 6. The minimum atomic E-state index is -0.209. The number of hydrazone groups is 1. The molecule has 0 spiro atoms. The standard InChI is InChI=1S/C28H29N5O2S/c1-19-14-20(2)31-28(30-19)36-18-27(34)32-29-16-24-15-21(3)33(22(24)4)25-10-12-26(13-11-25)35-17-23-8-6-5-7-9-23/h5-16H,17-18H2,1-4H3,(H,32,34)/b29-16-. The van der Waals surface area contributed by atoms with E-state index in [1.165, 1.54) is 11.8 Å². The van der Waals surface area contributed by atoms with Crippen molar-refractivity contribution >= 4 is 23.9 Å². The number of carbonyl (C=O) groups excluding carboxylic acids is 1. The number of hydrogen-bond donors (Lipinski definition) is 1. The summed E-state index contributed by atoms with van der Waals surface area (Å²) in [6.07, 6.45) is 1.67. The molecule has 184 valence electrons. The van der Waals surface area contributed by atoms with E-state index in [0.717, 1.165) is 45.3 Å². The lowest BCUT2D eigenvalue weighted by Crippen LogP contribution is -2.19. The first-order valence-electron chi connectivity index (χ1n) is 11.6. The smallest absolute Gasteiger partial charge is 0.250 e. The Morgan fingerprint density at radius 1 is 1.00 bits per heavy atom. The molecule has 36 heavy (non-hydrogen) atoms. The summed E-state index contributed by atoms with van der Waals surface area (Å²) in [7, 11) is 0. The van der Waals surface area contributed by atoms with Crippen LogP contribution in [0, 0.1) is 27.7 Å². The minimum absolute atomic E-state index is 0.192. The second-order valence-electron chi connectivity index (χ2n) is 8.45. The number of nitrogens with one attached hydrogen (secondary N) is 1. The molecule has 1 N–H and O–H groups in total. The maximum Gasteiger partial charge on any atom is 0.250 e. The second kappa shape index (κ2) is 11.7. The monoisotopic (exact) mass is 499 g/mol. The first-order valence-corrected chi connectivity index (χ1v) is 12.6. The molecule has 0 unspecified atom stereocenters. The fourth-order valence-corrected chi connectivity index (χ4v) is 4.58. The Balaban J connectivity index is 1.34. The van der Waals surface area contributed by atoms with E-state index in [1.807, 2.05) is 94.4 Å². The zero-order chi connectivity index (χ0) is 25.5. The summed E-state index contributed by atoms with van der Waals surface area (Å²) in [5.74, 6) is 0.801. The average Bonchev–Trinajstić information content (AvgIpc) is 3.14. The molecule has 8 heteroatoms. The highest BCUT2D eigenvalue weighted by Gasteiger charge is 2.10. The molecule has 1 amide bonds. The van der Waals surface area contributed by atoms with E-state index in [0.29, 0.717) is 11.8 Å². The summed E-state index contributed by atoms with van der Waals surface area (Å²) >= 11 is 1.29. The number of aromatic nitrogens is 3. The van der Waals surface area contributed by atoms with Gasteiger partial charge in [-0.2, -0.15) is 5.10 Å². The fourth-order valence-electron chi connectivity index (χ4n) is 3.84. The summed E-state index contributed by atoms with van der Waals surface area (Å²) in [4.78, 5) is 20.9. The zero-order valence-electron chi connectivity index (χ0n) is 20.9. The quantitative estimate of drug-likeness (QED) is 0.146. The van der Waals surface area contributed by atoms with Crippen LogP contribution < -0.4 is 10.2 Å². The van der Waals surface area contributed by atoms with Crippen molar-refractivity contribution in [3.8, 4) is 11.4 Å². The average molecular weight is 500 g/mol. The van der Waals surface area contributed by atoms with E-state index >= 15 is 0 Å². The number of aryl methyl sites for hydroxylation is 3. The van der Waals surface area contributed by atoms with Crippen LogP contribution in [-0.2, 0) is 11.4 Å². The van der Waals surface area contributed by atoms with Crippen molar-refractivity contribution < 1.29 is 9.53 Å². The Hall–Kier alpha value is -3.91. The van der Waals surface area contributed by atoms with E-state index < -0.39 is 0 Å². The Bertz CT molecular complexity index is 1340. The molecule has 0 radical (unpaired) electrons. The lowest BCUT2D eigenvalue weighted by Gasteiger charge is -2.11. The van der Waals surface area contributed by atoms with E-state index in [9.17, 15) is 4.79 Å². The van der Waals surface area contributed by atoms with Gasteiger partial charge in [0, 0.05) is 34.0 Å². The van der Waals surface area contributed by atoms with Gasteiger partial charge in [-0.25, -0.2) is 15.4 Å². The fraction of sp³-hybridized carbons (Fsp3) is 0.214. The molecule has 0 fully saturated rings.